The Labute approximate surface area is 162 Å². The van der Waals surface area contributed by atoms with Crippen molar-refractivity contribution in [1.82, 2.24) is 9.97 Å². The number of halogens is 2. The molecule has 1 N–H and O–H groups in total. The summed E-state index contributed by atoms with van der Waals surface area (Å²) in [6, 6.07) is 12.4. The maximum Gasteiger partial charge on any atom is 0.141 e. The van der Waals surface area contributed by atoms with E-state index >= 15 is 0 Å². The summed E-state index contributed by atoms with van der Waals surface area (Å²) in [4.78, 5) is 11.1. The molecule has 25 heavy (non-hydrogen) atoms. The van der Waals surface area contributed by atoms with E-state index in [0.29, 0.717) is 0 Å². The summed E-state index contributed by atoms with van der Waals surface area (Å²) in [7, 11) is 0. The third kappa shape index (κ3) is 3.63. The highest BCUT2D eigenvalue weighted by molar-refractivity contribution is 9.11. The van der Waals surface area contributed by atoms with E-state index in [1.165, 1.54) is 5.69 Å². The Kier molecular flexibility index (Phi) is 4.87. The van der Waals surface area contributed by atoms with Crippen LogP contribution >= 0.6 is 31.9 Å². The predicted molar refractivity (Wildman–Crippen MR) is 108 cm³/mol. The van der Waals surface area contributed by atoms with E-state index in [0.717, 1.165) is 57.7 Å². The lowest BCUT2D eigenvalue weighted by Gasteiger charge is -2.28. The van der Waals surface area contributed by atoms with Crippen LogP contribution in [0.5, 0.6) is 0 Å². The zero-order chi connectivity index (χ0) is 17.2. The number of nitrogens with one attached hydrogen (secondary N) is 1. The predicted octanol–water partition coefficient (Wildman–Crippen LogP) is 4.74. The van der Waals surface area contributed by atoms with Gasteiger partial charge in [0.25, 0.3) is 0 Å². The summed E-state index contributed by atoms with van der Waals surface area (Å²) in [5.41, 5.74) is 3.09. The first-order chi connectivity index (χ1) is 12.2. The summed E-state index contributed by atoms with van der Waals surface area (Å²) >= 11 is 7.08. The Morgan fingerprint density at radius 1 is 1.00 bits per heavy atom. The van der Waals surface area contributed by atoms with Crippen LogP contribution in [0.15, 0.2) is 51.7 Å². The molecular weight excluding hydrogens is 448 g/mol. The van der Waals surface area contributed by atoms with Crippen LogP contribution in [-0.4, -0.2) is 36.3 Å². The fourth-order valence-electron chi connectivity index (χ4n) is 2.91. The van der Waals surface area contributed by atoms with E-state index in [2.05, 4.69) is 76.3 Å². The lowest BCUT2D eigenvalue weighted by atomic mass is 10.2. The Morgan fingerprint density at radius 3 is 2.52 bits per heavy atom. The lowest BCUT2D eigenvalue weighted by molar-refractivity contribution is 0.122. The molecule has 0 aliphatic carbocycles. The molecule has 0 amide bonds. The van der Waals surface area contributed by atoms with E-state index in [1.807, 2.05) is 12.1 Å². The standard InChI is InChI=1S/C18H16Br2N4O/c19-12-9-15-17(16(20)10-12)21-11-22-18(15)23-13-1-3-14(4-2-13)24-5-7-25-8-6-24/h1-4,9-11H,5-8H2,(H,21,22,23). The van der Waals surface area contributed by atoms with Crippen LogP contribution in [0, 0.1) is 0 Å². The zero-order valence-corrected chi connectivity index (χ0v) is 16.5. The van der Waals surface area contributed by atoms with Gasteiger partial charge < -0.3 is 15.0 Å². The molecular formula is C18H16Br2N4O. The Balaban J connectivity index is 1.61. The van der Waals surface area contributed by atoms with Crippen LogP contribution in [-0.2, 0) is 4.74 Å². The highest BCUT2D eigenvalue weighted by Crippen LogP contribution is 2.31. The monoisotopic (exact) mass is 462 g/mol. The number of benzene rings is 2. The van der Waals surface area contributed by atoms with E-state index in [1.54, 1.807) is 6.33 Å². The number of rotatable bonds is 3. The molecule has 1 fully saturated rings. The second-order valence-electron chi connectivity index (χ2n) is 5.78. The molecule has 0 bridgehead atoms. The van der Waals surface area contributed by atoms with Crippen molar-refractivity contribution in [3.8, 4) is 0 Å². The molecule has 0 saturated carbocycles. The van der Waals surface area contributed by atoms with E-state index in [4.69, 9.17) is 4.74 Å². The van der Waals surface area contributed by atoms with Gasteiger partial charge in [0.2, 0.25) is 0 Å². The van der Waals surface area contributed by atoms with Crippen molar-refractivity contribution in [2.24, 2.45) is 0 Å². The first-order valence-corrected chi connectivity index (χ1v) is 9.59. The summed E-state index contributed by atoms with van der Waals surface area (Å²) in [5.74, 6) is 0.783. The fraction of sp³-hybridized carbons (Fsp3) is 0.222. The van der Waals surface area contributed by atoms with Crippen molar-refractivity contribution in [1.29, 1.82) is 0 Å². The molecule has 2 aromatic carbocycles. The topological polar surface area (TPSA) is 50.3 Å². The van der Waals surface area contributed by atoms with Gasteiger partial charge in [-0.1, -0.05) is 15.9 Å². The quantitative estimate of drug-likeness (QED) is 0.608. The summed E-state index contributed by atoms with van der Waals surface area (Å²) in [6.07, 6.45) is 1.57. The van der Waals surface area contributed by atoms with Crippen LogP contribution in [0.25, 0.3) is 10.9 Å². The van der Waals surface area contributed by atoms with Crippen molar-refractivity contribution >= 4 is 60.0 Å². The molecule has 1 aliphatic rings. The summed E-state index contributed by atoms with van der Waals surface area (Å²) in [6.45, 7) is 3.45. The molecule has 1 saturated heterocycles. The second kappa shape index (κ2) is 7.27. The Hall–Kier alpha value is -1.70. The highest BCUT2D eigenvalue weighted by Gasteiger charge is 2.12. The largest absolute Gasteiger partial charge is 0.378 e. The van der Waals surface area contributed by atoms with E-state index in [9.17, 15) is 0 Å². The van der Waals surface area contributed by atoms with Gasteiger partial charge in [0.05, 0.1) is 18.7 Å². The summed E-state index contributed by atoms with van der Waals surface area (Å²) < 4.78 is 7.32. The minimum Gasteiger partial charge on any atom is -0.378 e. The average molecular weight is 464 g/mol. The number of ether oxygens (including phenoxy) is 1. The van der Waals surface area contributed by atoms with Gasteiger partial charge in [-0.2, -0.15) is 0 Å². The Bertz CT molecular complexity index is 895. The molecule has 0 atom stereocenters. The van der Waals surface area contributed by atoms with Crippen LogP contribution in [0.2, 0.25) is 0 Å². The van der Waals surface area contributed by atoms with E-state index in [-0.39, 0.29) is 0 Å². The third-order valence-electron chi connectivity index (χ3n) is 4.16. The van der Waals surface area contributed by atoms with Gasteiger partial charge >= 0.3 is 0 Å². The normalized spacial score (nSPS) is 14.7. The number of hydrogen-bond acceptors (Lipinski definition) is 5. The lowest BCUT2D eigenvalue weighted by Crippen LogP contribution is -2.36. The van der Waals surface area contributed by atoms with Crippen LogP contribution in [0.4, 0.5) is 17.2 Å². The first-order valence-electron chi connectivity index (χ1n) is 8.00. The van der Waals surface area contributed by atoms with Crippen LogP contribution in [0.1, 0.15) is 0 Å². The molecule has 0 radical (unpaired) electrons. The molecule has 128 valence electrons. The van der Waals surface area contributed by atoms with Crippen LogP contribution in [0.3, 0.4) is 0 Å². The smallest absolute Gasteiger partial charge is 0.141 e. The van der Waals surface area contributed by atoms with Crippen molar-refractivity contribution in [2.75, 3.05) is 36.5 Å². The molecule has 2 heterocycles. The first kappa shape index (κ1) is 16.8. The molecule has 5 nitrogen and oxygen atoms in total. The SMILES string of the molecule is Brc1cc(Br)c2ncnc(Nc3ccc(N4CCOCC4)cc3)c2c1. The minimum atomic E-state index is 0.783. The average Bonchev–Trinajstić information content (AvgIpc) is 2.64. The van der Waals surface area contributed by atoms with Crippen molar-refractivity contribution in [3.63, 3.8) is 0 Å². The molecule has 3 aromatic rings. The maximum absolute atomic E-state index is 5.41. The van der Waals surface area contributed by atoms with E-state index < -0.39 is 0 Å². The van der Waals surface area contributed by atoms with Crippen LogP contribution < -0.4 is 10.2 Å². The summed E-state index contributed by atoms with van der Waals surface area (Å²) in [5, 5.41) is 4.35. The number of nitrogens with zero attached hydrogens (tertiary/aromatic N) is 3. The third-order valence-corrected chi connectivity index (χ3v) is 5.23. The minimum absolute atomic E-state index is 0.783. The fourth-order valence-corrected chi connectivity index (χ4v) is 4.23. The zero-order valence-electron chi connectivity index (χ0n) is 13.4. The number of hydrogen-bond donors (Lipinski definition) is 1. The van der Waals surface area contributed by atoms with Crippen molar-refractivity contribution in [3.05, 3.63) is 51.7 Å². The molecule has 1 aliphatic heterocycles. The van der Waals surface area contributed by atoms with Gasteiger partial charge in [0.1, 0.15) is 12.1 Å². The molecule has 7 heteroatoms. The van der Waals surface area contributed by atoms with Gasteiger partial charge in [-0.05, 0) is 52.3 Å². The van der Waals surface area contributed by atoms with Crippen molar-refractivity contribution < 1.29 is 4.74 Å². The number of morpholine rings is 1. The Morgan fingerprint density at radius 2 is 1.76 bits per heavy atom. The number of fused-ring (bicyclic) bond motifs is 1. The van der Waals surface area contributed by atoms with Gasteiger partial charge in [-0.15, -0.1) is 0 Å². The van der Waals surface area contributed by atoms with Gasteiger partial charge in [-0.3, -0.25) is 0 Å². The van der Waals surface area contributed by atoms with Gasteiger partial charge in [0, 0.05) is 38.8 Å². The van der Waals surface area contributed by atoms with Crippen molar-refractivity contribution in [2.45, 2.75) is 0 Å². The van der Waals surface area contributed by atoms with Gasteiger partial charge in [0.15, 0.2) is 0 Å². The number of aromatic nitrogens is 2. The number of anilines is 3. The molecule has 0 spiro atoms. The van der Waals surface area contributed by atoms with Gasteiger partial charge in [-0.25, -0.2) is 9.97 Å². The molecule has 0 unspecified atom stereocenters. The highest BCUT2D eigenvalue weighted by atomic mass is 79.9. The molecule has 4 rings (SSSR count). The second-order valence-corrected chi connectivity index (χ2v) is 7.55. The maximum atomic E-state index is 5.41. The molecule has 1 aromatic heterocycles.